The summed E-state index contributed by atoms with van der Waals surface area (Å²) in [5.41, 5.74) is 0. The number of likely N-dealkylation sites (N-methyl/N-ethyl adjacent to an activating group) is 1. The molecule has 0 radical (unpaired) electrons. The largest absolute Gasteiger partial charge is 0.367 e. The number of nitrogens with zero attached hydrogens (tertiary/aromatic N) is 1. The first kappa shape index (κ1) is 7.03. The number of hydrogen-bond acceptors (Lipinski definition) is 1. The molecular formula is C7H16NO+. The van der Waals surface area contributed by atoms with E-state index in [0.717, 1.165) is 11.1 Å². The van der Waals surface area contributed by atoms with Gasteiger partial charge in [-0.2, -0.15) is 0 Å². The third-order valence-corrected chi connectivity index (χ3v) is 1.96. The lowest BCUT2D eigenvalue weighted by Gasteiger charge is -2.26. The topological polar surface area (TPSA) is 12.5 Å². The van der Waals surface area contributed by atoms with Crippen molar-refractivity contribution >= 4 is 0 Å². The number of epoxide rings is 1. The molecule has 1 heterocycles. The fraction of sp³-hybridized carbons (Fsp3) is 1.00. The van der Waals surface area contributed by atoms with Crippen LogP contribution in [0.25, 0.3) is 0 Å². The molecule has 0 aliphatic carbocycles. The maximum Gasteiger partial charge on any atom is 0.130 e. The van der Waals surface area contributed by atoms with E-state index in [-0.39, 0.29) is 0 Å². The first-order chi connectivity index (χ1) is 4.14. The van der Waals surface area contributed by atoms with Crippen LogP contribution in [0.1, 0.15) is 6.92 Å². The zero-order valence-electron chi connectivity index (χ0n) is 6.55. The molecule has 0 bridgehead atoms. The van der Waals surface area contributed by atoms with Crippen molar-refractivity contribution in [3.8, 4) is 0 Å². The monoisotopic (exact) mass is 130 g/mol. The van der Waals surface area contributed by atoms with E-state index in [1.807, 2.05) is 0 Å². The third-order valence-electron chi connectivity index (χ3n) is 1.96. The summed E-state index contributed by atoms with van der Waals surface area (Å²) in [4.78, 5) is 0. The average Bonchev–Trinajstić information content (AvgIpc) is 2.50. The standard InChI is InChI=1S/C7H16NO/c1-4-8(2,3)5-7-6-9-7/h7H,4-6H2,1-3H3/q+1. The van der Waals surface area contributed by atoms with Gasteiger partial charge < -0.3 is 9.22 Å². The fourth-order valence-corrected chi connectivity index (χ4v) is 0.854. The van der Waals surface area contributed by atoms with Gasteiger partial charge in [0.25, 0.3) is 0 Å². The Balaban J connectivity index is 2.21. The highest BCUT2D eigenvalue weighted by Gasteiger charge is 2.30. The number of ether oxygens (including phenoxy) is 1. The van der Waals surface area contributed by atoms with Crippen LogP contribution in [0.5, 0.6) is 0 Å². The van der Waals surface area contributed by atoms with Crippen LogP contribution in [0.3, 0.4) is 0 Å². The Labute approximate surface area is 57.0 Å². The molecule has 0 amide bonds. The van der Waals surface area contributed by atoms with Crippen LogP contribution in [0, 0.1) is 0 Å². The van der Waals surface area contributed by atoms with Gasteiger partial charge in [0, 0.05) is 0 Å². The normalized spacial score (nSPS) is 26.3. The molecular weight excluding hydrogens is 114 g/mol. The molecule has 0 N–H and O–H groups in total. The molecule has 1 rings (SSSR count). The average molecular weight is 130 g/mol. The van der Waals surface area contributed by atoms with E-state index < -0.39 is 0 Å². The molecule has 2 nitrogen and oxygen atoms in total. The highest BCUT2D eigenvalue weighted by molar-refractivity contribution is 4.67. The Bertz CT molecular complexity index is 97.1. The van der Waals surface area contributed by atoms with Crippen LogP contribution in [0.4, 0.5) is 0 Å². The molecule has 0 aromatic carbocycles. The maximum absolute atomic E-state index is 5.13. The summed E-state index contributed by atoms with van der Waals surface area (Å²) in [6.45, 7) is 5.57. The molecule has 1 fully saturated rings. The molecule has 0 aromatic heterocycles. The van der Waals surface area contributed by atoms with Gasteiger partial charge >= 0.3 is 0 Å². The van der Waals surface area contributed by atoms with E-state index in [1.165, 1.54) is 13.1 Å². The van der Waals surface area contributed by atoms with Gasteiger partial charge in [0.2, 0.25) is 0 Å². The molecule has 54 valence electrons. The molecule has 2 heteroatoms. The van der Waals surface area contributed by atoms with E-state index in [0.29, 0.717) is 6.10 Å². The second-order valence-electron chi connectivity index (χ2n) is 3.39. The first-order valence-corrected chi connectivity index (χ1v) is 3.57. The smallest absolute Gasteiger partial charge is 0.130 e. The molecule has 1 saturated heterocycles. The first-order valence-electron chi connectivity index (χ1n) is 3.57. The lowest BCUT2D eigenvalue weighted by atomic mass is 10.4. The third kappa shape index (κ3) is 2.33. The van der Waals surface area contributed by atoms with Gasteiger partial charge in [-0.15, -0.1) is 0 Å². The molecule has 1 aliphatic rings. The van der Waals surface area contributed by atoms with Gasteiger partial charge in [0.15, 0.2) is 0 Å². The minimum atomic E-state index is 0.569. The Hall–Kier alpha value is -0.0800. The molecule has 0 spiro atoms. The zero-order chi connectivity index (χ0) is 6.91. The number of hydrogen-bond donors (Lipinski definition) is 0. The predicted molar refractivity (Wildman–Crippen MR) is 37.3 cm³/mol. The summed E-state index contributed by atoms with van der Waals surface area (Å²) in [6, 6.07) is 0. The summed E-state index contributed by atoms with van der Waals surface area (Å²) in [6.07, 6.45) is 0.569. The quantitative estimate of drug-likeness (QED) is 0.400. The Morgan fingerprint density at radius 2 is 2.11 bits per heavy atom. The fourth-order valence-electron chi connectivity index (χ4n) is 0.854. The maximum atomic E-state index is 5.13. The van der Waals surface area contributed by atoms with Gasteiger partial charge in [-0.05, 0) is 6.92 Å². The van der Waals surface area contributed by atoms with Gasteiger partial charge in [-0.25, -0.2) is 0 Å². The van der Waals surface area contributed by atoms with Crippen LogP contribution in [0.15, 0.2) is 0 Å². The molecule has 1 unspecified atom stereocenters. The highest BCUT2D eigenvalue weighted by atomic mass is 16.6. The molecule has 0 saturated carbocycles. The lowest BCUT2D eigenvalue weighted by Crippen LogP contribution is -2.42. The van der Waals surface area contributed by atoms with Gasteiger partial charge in [0.05, 0.1) is 27.2 Å². The SMILES string of the molecule is CC[N+](C)(C)CC1CO1. The number of rotatable bonds is 3. The zero-order valence-corrected chi connectivity index (χ0v) is 6.55. The van der Waals surface area contributed by atoms with Crippen molar-refractivity contribution in [3.05, 3.63) is 0 Å². The molecule has 1 aliphatic heterocycles. The number of quaternary nitrogens is 1. The molecule has 0 aromatic rings. The molecule has 9 heavy (non-hydrogen) atoms. The van der Waals surface area contributed by atoms with Crippen molar-refractivity contribution in [3.63, 3.8) is 0 Å². The van der Waals surface area contributed by atoms with Crippen LogP contribution in [-0.2, 0) is 4.74 Å². The van der Waals surface area contributed by atoms with Crippen LogP contribution < -0.4 is 0 Å². The molecule has 1 atom stereocenters. The van der Waals surface area contributed by atoms with Crippen LogP contribution in [0.2, 0.25) is 0 Å². The summed E-state index contributed by atoms with van der Waals surface area (Å²) >= 11 is 0. The van der Waals surface area contributed by atoms with Crippen molar-refractivity contribution in [1.82, 2.24) is 0 Å². The predicted octanol–water partition coefficient (Wildman–Crippen LogP) is 0.481. The van der Waals surface area contributed by atoms with E-state index in [1.54, 1.807) is 0 Å². The summed E-state index contributed by atoms with van der Waals surface area (Å²) in [7, 11) is 4.48. The van der Waals surface area contributed by atoms with Crippen molar-refractivity contribution < 1.29 is 9.22 Å². The van der Waals surface area contributed by atoms with E-state index >= 15 is 0 Å². The summed E-state index contributed by atoms with van der Waals surface area (Å²) in [5.74, 6) is 0. The van der Waals surface area contributed by atoms with Crippen molar-refractivity contribution in [2.75, 3.05) is 33.8 Å². The highest BCUT2D eigenvalue weighted by Crippen LogP contribution is 2.12. The van der Waals surface area contributed by atoms with Crippen molar-refractivity contribution in [1.29, 1.82) is 0 Å². The Kier molecular flexibility index (Phi) is 1.78. The van der Waals surface area contributed by atoms with E-state index in [9.17, 15) is 0 Å². The second kappa shape index (κ2) is 2.27. The minimum Gasteiger partial charge on any atom is -0.367 e. The second-order valence-corrected chi connectivity index (χ2v) is 3.39. The van der Waals surface area contributed by atoms with Crippen molar-refractivity contribution in [2.24, 2.45) is 0 Å². The summed E-state index contributed by atoms with van der Waals surface area (Å²) in [5, 5.41) is 0. The lowest BCUT2D eigenvalue weighted by molar-refractivity contribution is -0.888. The van der Waals surface area contributed by atoms with Crippen molar-refractivity contribution in [2.45, 2.75) is 13.0 Å². The van der Waals surface area contributed by atoms with E-state index in [2.05, 4.69) is 21.0 Å². The Morgan fingerprint density at radius 1 is 1.56 bits per heavy atom. The Morgan fingerprint density at radius 3 is 2.44 bits per heavy atom. The van der Waals surface area contributed by atoms with Crippen LogP contribution >= 0.6 is 0 Å². The van der Waals surface area contributed by atoms with E-state index in [4.69, 9.17) is 4.74 Å². The minimum absolute atomic E-state index is 0.569. The van der Waals surface area contributed by atoms with Crippen LogP contribution in [-0.4, -0.2) is 44.4 Å². The van der Waals surface area contributed by atoms with Gasteiger partial charge in [0.1, 0.15) is 12.6 Å². The summed E-state index contributed by atoms with van der Waals surface area (Å²) < 4.78 is 6.22. The van der Waals surface area contributed by atoms with Gasteiger partial charge in [-0.1, -0.05) is 0 Å². The van der Waals surface area contributed by atoms with Gasteiger partial charge in [-0.3, -0.25) is 0 Å².